The summed E-state index contributed by atoms with van der Waals surface area (Å²) in [6, 6.07) is 9.48. The summed E-state index contributed by atoms with van der Waals surface area (Å²) in [5.74, 6) is -1.01. The molecule has 2 aromatic rings. The number of rotatable bonds is 6. The van der Waals surface area contributed by atoms with Crippen molar-refractivity contribution in [1.82, 2.24) is 9.89 Å². The van der Waals surface area contributed by atoms with Crippen molar-refractivity contribution in [3.8, 4) is 17.1 Å². The number of aromatic nitrogens is 2. The Morgan fingerprint density at radius 1 is 1.12 bits per heavy atom. The van der Waals surface area contributed by atoms with Gasteiger partial charge in [-0.3, -0.25) is 4.79 Å². The zero-order valence-electron chi connectivity index (χ0n) is 14.5. The third-order valence-corrected chi connectivity index (χ3v) is 3.47. The molecule has 0 aliphatic rings. The van der Waals surface area contributed by atoms with E-state index in [2.05, 4.69) is 19.7 Å². The molecule has 8 heteroatoms. The first kappa shape index (κ1) is 18.2. The predicted octanol–water partition coefficient (Wildman–Crippen LogP) is 1.81. The SMILES string of the molecule is COC(=O)C/C(=N\n1nc(-c2ccccc2)c(C)c1OC)C(=O)OC. The maximum atomic E-state index is 11.9. The van der Waals surface area contributed by atoms with Crippen LogP contribution >= 0.6 is 0 Å². The fourth-order valence-electron chi connectivity index (χ4n) is 2.23. The molecule has 0 saturated heterocycles. The van der Waals surface area contributed by atoms with Gasteiger partial charge >= 0.3 is 11.9 Å². The number of esters is 2. The van der Waals surface area contributed by atoms with Crippen molar-refractivity contribution in [3.63, 3.8) is 0 Å². The predicted molar refractivity (Wildman–Crippen MR) is 90.4 cm³/mol. The van der Waals surface area contributed by atoms with E-state index >= 15 is 0 Å². The lowest BCUT2D eigenvalue weighted by Gasteiger charge is -2.05. The summed E-state index contributed by atoms with van der Waals surface area (Å²) in [5, 5.41) is 8.50. The van der Waals surface area contributed by atoms with Crippen molar-refractivity contribution in [2.75, 3.05) is 21.3 Å². The van der Waals surface area contributed by atoms with Gasteiger partial charge in [-0.25, -0.2) is 4.79 Å². The average Bonchev–Trinajstić information content (AvgIpc) is 2.96. The molecule has 1 aromatic heterocycles. The molecule has 1 aromatic carbocycles. The molecule has 0 amide bonds. The number of benzene rings is 1. The van der Waals surface area contributed by atoms with Gasteiger partial charge in [-0.2, -0.15) is 0 Å². The van der Waals surface area contributed by atoms with Crippen molar-refractivity contribution in [1.29, 1.82) is 0 Å². The Balaban J connectivity index is 2.52. The highest BCUT2D eigenvalue weighted by molar-refractivity contribution is 6.39. The van der Waals surface area contributed by atoms with E-state index in [9.17, 15) is 9.59 Å². The first-order valence-corrected chi connectivity index (χ1v) is 7.43. The molecule has 25 heavy (non-hydrogen) atoms. The third-order valence-electron chi connectivity index (χ3n) is 3.47. The molecule has 1 heterocycles. The van der Waals surface area contributed by atoms with E-state index < -0.39 is 11.9 Å². The Kier molecular flexibility index (Phi) is 5.89. The van der Waals surface area contributed by atoms with Gasteiger partial charge in [0.15, 0.2) is 5.71 Å². The topological polar surface area (TPSA) is 92.0 Å². The third kappa shape index (κ3) is 4.03. The van der Waals surface area contributed by atoms with Crippen LogP contribution < -0.4 is 4.74 Å². The van der Waals surface area contributed by atoms with Crippen LogP contribution in [0.25, 0.3) is 11.3 Å². The number of hydrogen-bond donors (Lipinski definition) is 0. The Morgan fingerprint density at radius 2 is 1.80 bits per heavy atom. The van der Waals surface area contributed by atoms with Crippen molar-refractivity contribution >= 4 is 17.7 Å². The van der Waals surface area contributed by atoms with E-state index in [0.717, 1.165) is 11.1 Å². The lowest BCUT2D eigenvalue weighted by atomic mass is 10.1. The molecule has 0 aliphatic heterocycles. The van der Waals surface area contributed by atoms with Crippen molar-refractivity contribution in [3.05, 3.63) is 35.9 Å². The smallest absolute Gasteiger partial charge is 0.354 e. The van der Waals surface area contributed by atoms with Gasteiger partial charge in [-0.05, 0) is 6.92 Å². The minimum atomic E-state index is -0.748. The lowest BCUT2D eigenvalue weighted by Crippen LogP contribution is -2.22. The van der Waals surface area contributed by atoms with Crippen LogP contribution in [-0.4, -0.2) is 48.9 Å². The summed E-state index contributed by atoms with van der Waals surface area (Å²) < 4.78 is 14.6. The van der Waals surface area contributed by atoms with Crippen LogP contribution in [0, 0.1) is 6.92 Å². The number of hydrogen-bond acceptors (Lipinski definition) is 7. The maximum Gasteiger partial charge on any atom is 0.354 e. The van der Waals surface area contributed by atoms with Crippen LogP contribution in [0.2, 0.25) is 0 Å². The normalized spacial score (nSPS) is 11.1. The molecule has 0 unspecified atom stereocenters. The van der Waals surface area contributed by atoms with Gasteiger partial charge in [0.25, 0.3) is 0 Å². The maximum absolute atomic E-state index is 11.9. The molecule has 2 rings (SSSR count). The Hall–Kier alpha value is -3.16. The zero-order chi connectivity index (χ0) is 18.4. The first-order valence-electron chi connectivity index (χ1n) is 7.43. The van der Waals surface area contributed by atoms with Gasteiger partial charge in [-0.15, -0.1) is 15.0 Å². The van der Waals surface area contributed by atoms with Crippen molar-refractivity contribution in [2.45, 2.75) is 13.3 Å². The van der Waals surface area contributed by atoms with E-state index in [1.165, 1.54) is 26.1 Å². The molecule has 0 N–H and O–H groups in total. The Bertz CT molecular complexity index is 796. The summed E-state index contributed by atoms with van der Waals surface area (Å²) in [7, 11) is 3.91. The number of nitrogens with zero attached hydrogens (tertiary/aromatic N) is 3. The van der Waals surface area contributed by atoms with E-state index in [4.69, 9.17) is 4.74 Å². The quantitative estimate of drug-likeness (QED) is 0.586. The van der Waals surface area contributed by atoms with Crippen molar-refractivity contribution in [2.24, 2.45) is 5.10 Å². The number of carbonyl (C=O) groups excluding carboxylic acids is 2. The summed E-state index contributed by atoms with van der Waals surface area (Å²) in [4.78, 5) is 24.6. The van der Waals surface area contributed by atoms with Crippen LogP contribution in [0.5, 0.6) is 5.88 Å². The molecule has 132 valence electrons. The van der Waals surface area contributed by atoms with Crippen LogP contribution in [0.3, 0.4) is 0 Å². The Morgan fingerprint density at radius 3 is 2.36 bits per heavy atom. The lowest BCUT2D eigenvalue weighted by molar-refractivity contribution is -0.140. The molecule has 8 nitrogen and oxygen atoms in total. The standard InChI is InChI=1S/C17H19N3O5/c1-11-15(12-8-6-5-7-9-12)19-20(16(11)24-3)18-13(17(22)25-4)10-14(21)23-2/h5-9H,10H2,1-4H3/b18-13+. The van der Waals surface area contributed by atoms with E-state index in [1.807, 2.05) is 37.3 Å². The average molecular weight is 345 g/mol. The molecule has 0 saturated carbocycles. The van der Waals surface area contributed by atoms with Gasteiger partial charge in [0.05, 0.1) is 27.8 Å². The summed E-state index contributed by atoms with van der Waals surface area (Å²) >= 11 is 0. The highest BCUT2D eigenvalue weighted by atomic mass is 16.5. The zero-order valence-corrected chi connectivity index (χ0v) is 14.5. The van der Waals surface area contributed by atoms with E-state index in [0.29, 0.717) is 11.6 Å². The van der Waals surface area contributed by atoms with Crippen LogP contribution in [0.4, 0.5) is 0 Å². The second-order valence-electron chi connectivity index (χ2n) is 5.03. The van der Waals surface area contributed by atoms with Crippen LogP contribution in [-0.2, 0) is 19.1 Å². The van der Waals surface area contributed by atoms with Gasteiger partial charge < -0.3 is 14.2 Å². The minimum Gasteiger partial charge on any atom is -0.480 e. The molecule has 0 radical (unpaired) electrons. The second-order valence-corrected chi connectivity index (χ2v) is 5.03. The fourth-order valence-corrected chi connectivity index (χ4v) is 2.23. The fraction of sp³-hybridized carbons (Fsp3) is 0.294. The molecule has 0 bridgehead atoms. The van der Waals surface area contributed by atoms with Gasteiger partial charge in [-0.1, -0.05) is 30.3 Å². The molecule has 0 fully saturated rings. The van der Waals surface area contributed by atoms with E-state index in [1.54, 1.807) is 0 Å². The van der Waals surface area contributed by atoms with Gasteiger partial charge in [0, 0.05) is 11.1 Å². The Labute approximate surface area is 145 Å². The molecule has 0 aliphatic carbocycles. The first-order chi connectivity index (χ1) is 12.0. The molecule has 0 spiro atoms. The van der Waals surface area contributed by atoms with Crippen molar-refractivity contribution < 1.29 is 23.8 Å². The summed E-state index contributed by atoms with van der Waals surface area (Å²) in [6.07, 6.45) is -0.341. The number of methoxy groups -OCH3 is 3. The largest absolute Gasteiger partial charge is 0.480 e. The van der Waals surface area contributed by atoms with E-state index in [-0.39, 0.29) is 12.1 Å². The number of carbonyl (C=O) groups is 2. The highest BCUT2D eigenvalue weighted by Crippen LogP contribution is 2.29. The summed E-state index contributed by atoms with van der Waals surface area (Å²) in [6.45, 7) is 1.83. The minimum absolute atomic E-state index is 0.144. The highest BCUT2D eigenvalue weighted by Gasteiger charge is 2.21. The summed E-state index contributed by atoms with van der Waals surface area (Å²) in [5.41, 5.74) is 2.14. The molecule has 0 atom stereocenters. The van der Waals surface area contributed by atoms with Gasteiger partial charge in [0.2, 0.25) is 5.88 Å². The number of ether oxygens (including phenoxy) is 3. The van der Waals surface area contributed by atoms with Gasteiger partial charge in [0.1, 0.15) is 5.69 Å². The second kappa shape index (κ2) is 8.09. The monoisotopic (exact) mass is 345 g/mol. The molecular formula is C17H19N3O5. The molecular weight excluding hydrogens is 326 g/mol. The van der Waals surface area contributed by atoms with Crippen LogP contribution in [0.1, 0.15) is 12.0 Å². The van der Waals surface area contributed by atoms with Crippen LogP contribution in [0.15, 0.2) is 35.4 Å².